The van der Waals surface area contributed by atoms with Crippen LogP contribution >= 0.6 is 0 Å². The molecule has 0 atom stereocenters. The van der Waals surface area contributed by atoms with E-state index < -0.39 is 0 Å². The molecule has 46 heavy (non-hydrogen) atoms. The number of pyridine rings is 1. The summed E-state index contributed by atoms with van der Waals surface area (Å²) in [5, 5.41) is 9.55. The first-order chi connectivity index (χ1) is 22.8. The van der Waals surface area contributed by atoms with Gasteiger partial charge in [0.2, 0.25) is 0 Å². The van der Waals surface area contributed by atoms with Crippen LogP contribution in [0.15, 0.2) is 162 Å². The Hall–Kier alpha value is -6.19. The Morgan fingerprint density at radius 2 is 1.20 bits per heavy atom. The highest BCUT2D eigenvalue weighted by Crippen LogP contribution is 2.44. The maximum Gasteiger partial charge on any atom is 0.138 e. The van der Waals surface area contributed by atoms with Crippen LogP contribution in [0.2, 0.25) is 0 Å². The van der Waals surface area contributed by atoms with Crippen molar-refractivity contribution in [1.82, 2.24) is 9.55 Å². The molecule has 0 fully saturated rings. The van der Waals surface area contributed by atoms with E-state index in [0.717, 1.165) is 50.0 Å². The molecule has 3 heteroatoms. The van der Waals surface area contributed by atoms with Crippen LogP contribution in [-0.4, -0.2) is 9.55 Å². The molecule has 0 bridgehead atoms. The van der Waals surface area contributed by atoms with Crippen LogP contribution in [0.4, 0.5) is 0 Å². The van der Waals surface area contributed by atoms with Gasteiger partial charge in [-0.2, -0.15) is 0 Å². The molecule has 0 aliphatic heterocycles. The first-order valence-electron chi connectivity index (χ1n) is 15.6. The normalized spacial score (nSPS) is 11.9. The standard InChI is InChI=1S/C43H26N2O/c1-2-11-27(12-3-1)36-22-21-30(26-44-36)31-18-10-20-40-42(31)43-34-17-7-6-15-32(34)39(25-41(43)46-40)45-37-19-9-8-16-33(37)35-23-28-13-4-5-14-29(28)24-38(35)45/h1-26H. The van der Waals surface area contributed by atoms with Gasteiger partial charge in [0.25, 0.3) is 0 Å². The minimum atomic E-state index is 0.871. The second kappa shape index (κ2) is 9.65. The lowest BCUT2D eigenvalue weighted by molar-refractivity contribution is 0.669. The van der Waals surface area contributed by atoms with Crippen molar-refractivity contribution in [2.75, 3.05) is 0 Å². The zero-order valence-corrected chi connectivity index (χ0v) is 24.8. The highest BCUT2D eigenvalue weighted by Gasteiger charge is 2.21. The van der Waals surface area contributed by atoms with E-state index in [9.17, 15) is 0 Å². The van der Waals surface area contributed by atoms with Gasteiger partial charge in [0.1, 0.15) is 11.2 Å². The van der Waals surface area contributed by atoms with E-state index in [1.807, 2.05) is 24.4 Å². The lowest BCUT2D eigenvalue weighted by atomic mass is 9.96. The molecule has 3 heterocycles. The van der Waals surface area contributed by atoms with Gasteiger partial charge in [-0.15, -0.1) is 0 Å². The molecule has 3 aromatic heterocycles. The van der Waals surface area contributed by atoms with E-state index in [1.54, 1.807) is 0 Å². The van der Waals surface area contributed by atoms with Crippen LogP contribution < -0.4 is 0 Å². The summed E-state index contributed by atoms with van der Waals surface area (Å²) < 4.78 is 9.13. The Labute approximate surface area is 264 Å². The average molecular weight is 587 g/mol. The quantitative estimate of drug-likeness (QED) is 0.206. The summed E-state index contributed by atoms with van der Waals surface area (Å²) in [6.07, 6.45) is 1.98. The lowest BCUT2D eigenvalue weighted by Gasteiger charge is -2.13. The van der Waals surface area contributed by atoms with Crippen molar-refractivity contribution in [3.63, 3.8) is 0 Å². The Balaban J connectivity index is 1.26. The van der Waals surface area contributed by atoms with E-state index in [4.69, 9.17) is 9.40 Å². The molecule has 0 spiro atoms. The van der Waals surface area contributed by atoms with E-state index in [0.29, 0.717) is 0 Å². The van der Waals surface area contributed by atoms with Gasteiger partial charge in [0.15, 0.2) is 0 Å². The molecule has 0 saturated heterocycles. The van der Waals surface area contributed by atoms with Crippen molar-refractivity contribution in [2.45, 2.75) is 0 Å². The smallest absolute Gasteiger partial charge is 0.138 e. The van der Waals surface area contributed by atoms with Crippen LogP contribution in [0.1, 0.15) is 0 Å². The molecule has 0 amide bonds. The summed E-state index contributed by atoms with van der Waals surface area (Å²) in [5.74, 6) is 0. The van der Waals surface area contributed by atoms with Crippen molar-refractivity contribution in [2.24, 2.45) is 0 Å². The SMILES string of the molecule is c1ccc(-c2ccc(-c3cccc4oc5cc(-n6c7ccccc7c7cc8ccccc8cc76)c6ccccc6c5c34)cn2)cc1. The molecule has 7 aromatic carbocycles. The second-order valence-electron chi connectivity index (χ2n) is 12.0. The molecule has 0 radical (unpaired) electrons. The van der Waals surface area contributed by atoms with Crippen molar-refractivity contribution < 1.29 is 4.42 Å². The van der Waals surface area contributed by atoms with Gasteiger partial charge in [-0.05, 0) is 52.1 Å². The van der Waals surface area contributed by atoms with Crippen LogP contribution in [0, 0.1) is 0 Å². The van der Waals surface area contributed by atoms with Gasteiger partial charge >= 0.3 is 0 Å². The number of benzene rings is 7. The molecule has 0 aliphatic carbocycles. The molecule has 214 valence electrons. The maximum atomic E-state index is 6.72. The van der Waals surface area contributed by atoms with Gasteiger partial charge in [-0.25, -0.2) is 0 Å². The number of para-hydroxylation sites is 1. The van der Waals surface area contributed by atoms with E-state index in [1.165, 1.54) is 43.4 Å². The van der Waals surface area contributed by atoms with Crippen molar-refractivity contribution in [1.29, 1.82) is 0 Å². The lowest BCUT2D eigenvalue weighted by Crippen LogP contribution is -1.96. The molecule has 0 saturated carbocycles. The first kappa shape index (κ1) is 25.2. The summed E-state index contributed by atoms with van der Waals surface area (Å²) in [5.41, 5.74) is 9.47. The Kier molecular flexibility index (Phi) is 5.28. The number of furan rings is 1. The Morgan fingerprint density at radius 3 is 2.02 bits per heavy atom. The van der Waals surface area contributed by atoms with E-state index in [2.05, 4.69) is 138 Å². The van der Waals surface area contributed by atoms with Gasteiger partial charge < -0.3 is 8.98 Å². The zero-order chi connectivity index (χ0) is 30.2. The summed E-state index contributed by atoms with van der Waals surface area (Å²) >= 11 is 0. The summed E-state index contributed by atoms with van der Waals surface area (Å²) in [7, 11) is 0. The highest BCUT2D eigenvalue weighted by atomic mass is 16.3. The van der Waals surface area contributed by atoms with Crippen LogP contribution in [0.3, 0.4) is 0 Å². The molecule has 0 N–H and O–H groups in total. The van der Waals surface area contributed by atoms with Gasteiger partial charge in [0, 0.05) is 50.3 Å². The van der Waals surface area contributed by atoms with Gasteiger partial charge in [-0.1, -0.05) is 115 Å². The fraction of sp³-hybridized carbons (Fsp3) is 0. The Morgan fingerprint density at radius 1 is 0.457 bits per heavy atom. The summed E-state index contributed by atoms with van der Waals surface area (Å²) in [4.78, 5) is 4.85. The third kappa shape index (κ3) is 3.63. The fourth-order valence-corrected chi connectivity index (χ4v) is 7.34. The number of hydrogen-bond acceptors (Lipinski definition) is 2. The third-order valence-electron chi connectivity index (χ3n) is 9.41. The fourth-order valence-electron chi connectivity index (χ4n) is 7.34. The minimum absolute atomic E-state index is 0.871. The zero-order valence-electron chi connectivity index (χ0n) is 24.8. The van der Waals surface area contributed by atoms with Crippen LogP contribution in [0.5, 0.6) is 0 Å². The third-order valence-corrected chi connectivity index (χ3v) is 9.41. The number of hydrogen-bond donors (Lipinski definition) is 0. The van der Waals surface area contributed by atoms with E-state index in [-0.39, 0.29) is 0 Å². The summed E-state index contributed by atoms with van der Waals surface area (Å²) in [6.45, 7) is 0. The largest absolute Gasteiger partial charge is 0.456 e. The van der Waals surface area contributed by atoms with Gasteiger partial charge in [-0.3, -0.25) is 4.98 Å². The molecule has 10 aromatic rings. The molecule has 10 rings (SSSR count). The van der Waals surface area contributed by atoms with E-state index >= 15 is 0 Å². The first-order valence-corrected chi connectivity index (χ1v) is 15.6. The van der Waals surface area contributed by atoms with Crippen LogP contribution in [0.25, 0.3) is 93.4 Å². The predicted octanol–water partition coefficient (Wildman–Crippen LogP) is 11.7. The van der Waals surface area contributed by atoms with Gasteiger partial charge in [0.05, 0.1) is 22.4 Å². The molecular weight excluding hydrogens is 560 g/mol. The predicted molar refractivity (Wildman–Crippen MR) is 192 cm³/mol. The van der Waals surface area contributed by atoms with Crippen LogP contribution in [-0.2, 0) is 0 Å². The van der Waals surface area contributed by atoms with Crippen molar-refractivity contribution >= 4 is 65.3 Å². The molecule has 0 aliphatic rings. The highest BCUT2D eigenvalue weighted by molar-refractivity contribution is 6.25. The van der Waals surface area contributed by atoms with Crippen molar-refractivity contribution in [3.05, 3.63) is 158 Å². The second-order valence-corrected chi connectivity index (χ2v) is 12.0. The molecule has 3 nitrogen and oxygen atoms in total. The number of rotatable bonds is 3. The number of nitrogens with zero attached hydrogens (tertiary/aromatic N) is 2. The molecule has 0 unspecified atom stereocenters. The topological polar surface area (TPSA) is 31.0 Å². The molecular formula is C43H26N2O. The maximum absolute atomic E-state index is 6.72. The number of aromatic nitrogens is 2. The minimum Gasteiger partial charge on any atom is -0.456 e. The average Bonchev–Trinajstić information content (AvgIpc) is 3.66. The number of fused-ring (bicyclic) bond motifs is 9. The summed E-state index contributed by atoms with van der Waals surface area (Å²) in [6, 6.07) is 53.8. The van der Waals surface area contributed by atoms with Crippen molar-refractivity contribution in [3.8, 4) is 28.1 Å². The monoisotopic (exact) mass is 586 g/mol. The Bertz CT molecular complexity index is 2790.